The van der Waals surface area contributed by atoms with Crippen molar-refractivity contribution in [1.29, 1.82) is 0 Å². The largest absolute Gasteiger partial charge is 0.478 e. The van der Waals surface area contributed by atoms with E-state index in [1.807, 2.05) is 29.5 Å². The van der Waals surface area contributed by atoms with Gasteiger partial charge in [-0.3, -0.25) is 0 Å². The zero-order valence-corrected chi connectivity index (χ0v) is 11.6. The van der Waals surface area contributed by atoms with Crippen molar-refractivity contribution >= 4 is 38.9 Å². The molecule has 1 N–H and O–H groups in total. The first-order chi connectivity index (χ1) is 9.66. The number of aromatic carboxylic acids is 1. The van der Waals surface area contributed by atoms with Crippen LogP contribution in [0.2, 0.25) is 0 Å². The highest BCUT2D eigenvalue weighted by molar-refractivity contribution is 7.17. The van der Waals surface area contributed by atoms with Crippen molar-refractivity contribution in [1.82, 2.24) is 4.98 Å². The van der Waals surface area contributed by atoms with E-state index in [2.05, 4.69) is 4.98 Å². The van der Waals surface area contributed by atoms with Crippen LogP contribution in [0, 0.1) is 0 Å². The molecule has 4 nitrogen and oxygen atoms in total. The molecule has 2 heterocycles. The van der Waals surface area contributed by atoms with Crippen LogP contribution in [-0.2, 0) is 0 Å². The quantitative estimate of drug-likeness (QED) is 0.795. The number of rotatable bonds is 3. The fourth-order valence-electron chi connectivity index (χ4n) is 2.10. The van der Waals surface area contributed by atoms with Gasteiger partial charge >= 0.3 is 5.97 Å². The molecule has 0 aliphatic heterocycles. The highest BCUT2D eigenvalue weighted by Crippen LogP contribution is 2.31. The SMILES string of the molecule is CN(c1ccc(C(=O)O)cc1)c1nccc2sccc12. The van der Waals surface area contributed by atoms with Gasteiger partial charge in [0.25, 0.3) is 0 Å². The lowest BCUT2D eigenvalue weighted by Crippen LogP contribution is -2.11. The first-order valence-electron chi connectivity index (χ1n) is 6.06. The molecular formula is C15H12N2O2S. The Morgan fingerprint density at radius 1 is 1.20 bits per heavy atom. The maximum Gasteiger partial charge on any atom is 0.335 e. The molecule has 0 aliphatic rings. The molecule has 0 amide bonds. The monoisotopic (exact) mass is 284 g/mol. The molecule has 100 valence electrons. The molecule has 0 atom stereocenters. The summed E-state index contributed by atoms with van der Waals surface area (Å²) in [5.41, 5.74) is 1.19. The molecular weight excluding hydrogens is 272 g/mol. The molecule has 3 aromatic rings. The molecule has 20 heavy (non-hydrogen) atoms. The predicted molar refractivity (Wildman–Crippen MR) is 81.1 cm³/mol. The van der Waals surface area contributed by atoms with Crippen molar-refractivity contribution in [2.75, 3.05) is 11.9 Å². The molecule has 0 bridgehead atoms. The van der Waals surface area contributed by atoms with E-state index < -0.39 is 5.97 Å². The second kappa shape index (κ2) is 4.94. The third kappa shape index (κ3) is 2.12. The Hall–Kier alpha value is -2.40. The summed E-state index contributed by atoms with van der Waals surface area (Å²) < 4.78 is 1.18. The van der Waals surface area contributed by atoms with E-state index in [0.29, 0.717) is 0 Å². The zero-order valence-electron chi connectivity index (χ0n) is 10.8. The van der Waals surface area contributed by atoms with Crippen LogP contribution in [-0.4, -0.2) is 23.1 Å². The number of aromatic nitrogens is 1. The van der Waals surface area contributed by atoms with Gasteiger partial charge in [-0.05, 0) is 41.8 Å². The van der Waals surface area contributed by atoms with Gasteiger partial charge in [0.05, 0.1) is 5.56 Å². The lowest BCUT2D eigenvalue weighted by Gasteiger charge is -2.19. The Kier molecular flexibility index (Phi) is 3.12. The normalized spacial score (nSPS) is 10.7. The van der Waals surface area contributed by atoms with E-state index >= 15 is 0 Å². The van der Waals surface area contributed by atoms with Gasteiger partial charge in [-0.15, -0.1) is 11.3 Å². The van der Waals surface area contributed by atoms with Crippen LogP contribution in [0.4, 0.5) is 11.5 Å². The average molecular weight is 284 g/mol. The summed E-state index contributed by atoms with van der Waals surface area (Å²) >= 11 is 1.68. The van der Waals surface area contributed by atoms with E-state index in [1.54, 1.807) is 41.8 Å². The number of hydrogen-bond donors (Lipinski definition) is 1. The minimum absolute atomic E-state index is 0.281. The third-order valence-corrected chi connectivity index (χ3v) is 4.06. The third-order valence-electron chi connectivity index (χ3n) is 3.18. The maximum atomic E-state index is 10.9. The molecule has 0 aliphatic carbocycles. The van der Waals surface area contributed by atoms with E-state index in [4.69, 9.17) is 5.11 Å². The zero-order chi connectivity index (χ0) is 14.1. The van der Waals surface area contributed by atoms with E-state index in [1.165, 1.54) is 4.70 Å². The number of anilines is 2. The van der Waals surface area contributed by atoms with E-state index in [-0.39, 0.29) is 5.56 Å². The number of carboxylic acid groups (broad SMARTS) is 1. The first-order valence-corrected chi connectivity index (χ1v) is 6.94. The fourth-order valence-corrected chi connectivity index (χ4v) is 2.87. The molecule has 3 rings (SSSR count). The Labute approximate surface area is 119 Å². The second-order valence-corrected chi connectivity index (χ2v) is 5.33. The molecule has 0 unspecified atom stereocenters. The molecule has 0 spiro atoms. The van der Waals surface area contributed by atoms with Crippen LogP contribution in [0.3, 0.4) is 0 Å². The number of fused-ring (bicyclic) bond motifs is 1. The smallest absolute Gasteiger partial charge is 0.335 e. The Bertz CT molecular complexity index is 765. The van der Waals surface area contributed by atoms with E-state index in [9.17, 15) is 4.79 Å². The van der Waals surface area contributed by atoms with Crippen LogP contribution in [0.15, 0.2) is 48.0 Å². The van der Waals surface area contributed by atoms with Crippen LogP contribution in [0.1, 0.15) is 10.4 Å². The maximum absolute atomic E-state index is 10.9. The minimum atomic E-state index is -0.919. The van der Waals surface area contributed by atoms with Crippen molar-refractivity contribution in [2.24, 2.45) is 0 Å². The number of hydrogen-bond acceptors (Lipinski definition) is 4. The molecule has 0 fully saturated rings. The van der Waals surface area contributed by atoms with Gasteiger partial charge in [-0.1, -0.05) is 0 Å². The standard InChI is InChI=1S/C15H12N2O2S/c1-17(11-4-2-10(3-5-11)15(18)19)14-12-7-9-20-13(12)6-8-16-14/h2-9H,1H3,(H,18,19). The van der Waals surface area contributed by atoms with E-state index in [0.717, 1.165) is 16.9 Å². The lowest BCUT2D eigenvalue weighted by atomic mass is 10.2. The summed E-state index contributed by atoms with van der Waals surface area (Å²) in [5, 5.41) is 12.1. The van der Waals surface area contributed by atoms with Crippen LogP contribution >= 0.6 is 11.3 Å². The van der Waals surface area contributed by atoms with Gasteiger partial charge in [0, 0.05) is 29.0 Å². The van der Waals surface area contributed by atoms with Gasteiger partial charge in [0.15, 0.2) is 0 Å². The molecule has 0 saturated carbocycles. The van der Waals surface area contributed by atoms with Crippen molar-refractivity contribution in [3.05, 3.63) is 53.5 Å². The number of nitrogens with zero attached hydrogens (tertiary/aromatic N) is 2. The van der Waals surface area contributed by atoms with Gasteiger partial charge in [-0.2, -0.15) is 0 Å². The summed E-state index contributed by atoms with van der Waals surface area (Å²) in [6.45, 7) is 0. The topological polar surface area (TPSA) is 53.4 Å². The molecule has 1 aromatic carbocycles. The van der Waals surface area contributed by atoms with Crippen molar-refractivity contribution in [2.45, 2.75) is 0 Å². The summed E-state index contributed by atoms with van der Waals surface area (Å²) in [7, 11) is 1.93. The van der Waals surface area contributed by atoms with Gasteiger partial charge in [-0.25, -0.2) is 9.78 Å². The molecule has 0 saturated heterocycles. The van der Waals surface area contributed by atoms with Gasteiger partial charge in [0.2, 0.25) is 0 Å². The number of carbonyl (C=O) groups is 1. The highest BCUT2D eigenvalue weighted by atomic mass is 32.1. The number of benzene rings is 1. The Balaban J connectivity index is 2.01. The first kappa shape index (κ1) is 12.6. The van der Waals surface area contributed by atoms with Crippen molar-refractivity contribution < 1.29 is 9.90 Å². The summed E-state index contributed by atoms with van der Waals surface area (Å²) in [4.78, 5) is 17.3. The number of pyridine rings is 1. The average Bonchev–Trinajstić information content (AvgIpc) is 2.95. The van der Waals surface area contributed by atoms with Crippen LogP contribution < -0.4 is 4.90 Å². The Morgan fingerprint density at radius 3 is 2.65 bits per heavy atom. The van der Waals surface area contributed by atoms with Crippen molar-refractivity contribution in [3.8, 4) is 0 Å². The second-order valence-electron chi connectivity index (χ2n) is 4.38. The number of thiophene rings is 1. The van der Waals surface area contributed by atoms with Gasteiger partial charge in [0.1, 0.15) is 5.82 Å². The summed E-state index contributed by atoms with van der Waals surface area (Å²) in [6.07, 6.45) is 1.79. The van der Waals surface area contributed by atoms with Gasteiger partial charge < -0.3 is 10.0 Å². The number of carboxylic acids is 1. The van der Waals surface area contributed by atoms with Crippen molar-refractivity contribution in [3.63, 3.8) is 0 Å². The molecule has 5 heteroatoms. The fraction of sp³-hybridized carbons (Fsp3) is 0.0667. The molecule has 2 aromatic heterocycles. The summed E-state index contributed by atoms with van der Waals surface area (Å²) in [5.74, 6) is -0.0518. The molecule has 0 radical (unpaired) electrons. The predicted octanol–water partition coefficient (Wildman–Crippen LogP) is 3.76. The summed E-state index contributed by atoms with van der Waals surface area (Å²) in [6, 6.07) is 10.8. The van der Waals surface area contributed by atoms with Crippen LogP contribution in [0.5, 0.6) is 0 Å². The lowest BCUT2D eigenvalue weighted by molar-refractivity contribution is 0.0697. The highest BCUT2D eigenvalue weighted by Gasteiger charge is 2.11. The Morgan fingerprint density at radius 2 is 1.95 bits per heavy atom. The van der Waals surface area contributed by atoms with Crippen LogP contribution in [0.25, 0.3) is 10.1 Å². The minimum Gasteiger partial charge on any atom is -0.478 e.